The quantitative estimate of drug-likeness (QED) is 0.655. The second-order valence-corrected chi connectivity index (χ2v) is 3.07. The first-order chi connectivity index (χ1) is 4.36. The lowest BCUT2D eigenvalue weighted by molar-refractivity contribution is -0.0225. The van der Waals surface area contributed by atoms with Gasteiger partial charge in [0.2, 0.25) is 0 Å². The molecule has 2 atom stereocenters. The van der Waals surface area contributed by atoms with E-state index in [0.717, 1.165) is 6.54 Å². The molecule has 2 nitrogen and oxygen atoms in total. The molecule has 0 unspecified atom stereocenters. The molecule has 3 heteroatoms. The molecule has 1 saturated carbocycles. The number of hydrogen-bond acceptors (Lipinski definition) is 2. The van der Waals surface area contributed by atoms with Crippen molar-refractivity contribution in [3.63, 3.8) is 0 Å². The molecule has 1 N–H and O–H groups in total. The summed E-state index contributed by atoms with van der Waals surface area (Å²) >= 11 is 0. The molecule has 1 aliphatic carbocycles. The highest BCUT2D eigenvalue weighted by Gasteiger charge is 2.33. The molecule has 1 saturated heterocycles. The minimum absolute atomic E-state index is 0. The maximum atomic E-state index is 5.65. The molecule has 2 aliphatic rings. The van der Waals surface area contributed by atoms with E-state index in [1.54, 1.807) is 0 Å². The number of hydrogen-bond donors (Lipinski definition) is 1. The summed E-state index contributed by atoms with van der Waals surface area (Å²) < 4.78 is 5.65. The fourth-order valence-corrected chi connectivity index (χ4v) is 1.07. The highest BCUT2D eigenvalue weighted by molar-refractivity contribution is 5.85. The lowest BCUT2D eigenvalue weighted by Crippen LogP contribution is -2.56. The number of rotatable bonds is 2. The van der Waals surface area contributed by atoms with Crippen LogP contribution < -0.4 is 5.32 Å². The SMILES string of the molecule is C[C@@H]1NC[C@@H]1OC1CC1.Cl. The number of halogens is 1. The Morgan fingerprint density at radius 2 is 2.10 bits per heavy atom. The van der Waals surface area contributed by atoms with Gasteiger partial charge in [-0.3, -0.25) is 0 Å². The molecule has 0 spiro atoms. The molecular formula is C7H14ClNO. The van der Waals surface area contributed by atoms with Crippen LogP contribution in [0.3, 0.4) is 0 Å². The standard InChI is InChI=1S/C7H13NO.ClH/c1-5-7(4-8-5)9-6-2-3-6;/h5-8H,2-4H2,1H3;1H/t5-,7-;/m0./s1. The van der Waals surface area contributed by atoms with Gasteiger partial charge in [-0.15, -0.1) is 12.4 Å². The van der Waals surface area contributed by atoms with Crippen LogP contribution in [0.2, 0.25) is 0 Å². The molecule has 0 aromatic rings. The highest BCUT2D eigenvalue weighted by atomic mass is 35.5. The topological polar surface area (TPSA) is 21.3 Å². The van der Waals surface area contributed by atoms with E-state index in [2.05, 4.69) is 12.2 Å². The fourth-order valence-electron chi connectivity index (χ4n) is 1.07. The van der Waals surface area contributed by atoms with Gasteiger partial charge < -0.3 is 10.1 Å². The molecular weight excluding hydrogens is 150 g/mol. The summed E-state index contributed by atoms with van der Waals surface area (Å²) in [5, 5.41) is 3.27. The van der Waals surface area contributed by atoms with Gasteiger partial charge in [0.15, 0.2) is 0 Å². The summed E-state index contributed by atoms with van der Waals surface area (Å²) in [5.41, 5.74) is 0. The largest absolute Gasteiger partial charge is 0.372 e. The van der Waals surface area contributed by atoms with E-state index >= 15 is 0 Å². The molecule has 60 valence electrons. The lowest BCUT2D eigenvalue weighted by Gasteiger charge is -2.35. The van der Waals surface area contributed by atoms with Crippen molar-refractivity contribution < 1.29 is 4.74 Å². The van der Waals surface area contributed by atoms with Gasteiger partial charge in [0.05, 0.1) is 12.2 Å². The fraction of sp³-hybridized carbons (Fsp3) is 1.00. The van der Waals surface area contributed by atoms with Gasteiger partial charge in [-0.25, -0.2) is 0 Å². The highest BCUT2D eigenvalue weighted by Crippen LogP contribution is 2.27. The van der Waals surface area contributed by atoms with Gasteiger partial charge in [0.1, 0.15) is 0 Å². The van der Waals surface area contributed by atoms with Crippen LogP contribution in [0.25, 0.3) is 0 Å². The van der Waals surface area contributed by atoms with E-state index in [1.165, 1.54) is 12.8 Å². The van der Waals surface area contributed by atoms with Crippen molar-refractivity contribution in [2.24, 2.45) is 0 Å². The van der Waals surface area contributed by atoms with Crippen molar-refractivity contribution in [2.45, 2.75) is 38.0 Å². The van der Waals surface area contributed by atoms with E-state index in [-0.39, 0.29) is 12.4 Å². The Bertz CT molecular complexity index is 116. The molecule has 2 fully saturated rings. The van der Waals surface area contributed by atoms with Gasteiger partial charge in [-0.1, -0.05) is 0 Å². The zero-order valence-corrected chi connectivity index (χ0v) is 6.99. The van der Waals surface area contributed by atoms with E-state index in [0.29, 0.717) is 18.2 Å². The van der Waals surface area contributed by atoms with E-state index in [1.807, 2.05) is 0 Å². The summed E-state index contributed by atoms with van der Waals surface area (Å²) in [5.74, 6) is 0. The van der Waals surface area contributed by atoms with Crippen molar-refractivity contribution in [3.05, 3.63) is 0 Å². The molecule has 0 aromatic heterocycles. The smallest absolute Gasteiger partial charge is 0.0853 e. The van der Waals surface area contributed by atoms with Gasteiger partial charge >= 0.3 is 0 Å². The summed E-state index contributed by atoms with van der Waals surface area (Å²) in [6, 6.07) is 0.602. The second-order valence-electron chi connectivity index (χ2n) is 3.07. The first kappa shape index (κ1) is 8.31. The summed E-state index contributed by atoms with van der Waals surface area (Å²) in [6.45, 7) is 3.24. The van der Waals surface area contributed by atoms with Gasteiger partial charge in [0, 0.05) is 12.6 Å². The van der Waals surface area contributed by atoms with E-state index < -0.39 is 0 Å². The third-order valence-electron chi connectivity index (χ3n) is 2.09. The maximum absolute atomic E-state index is 5.65. The van der Waals surface area contributed by atoms with Crippen LogP contribution in [0, 0.1) is 0 Å². The molecule has 0 radical (unpaired) electrons. The molecule has 0 aromatic carbocycles. The lowest BCUT2D eigenvalue weighted by atomic mass is 10.1. The molecule has 0 bridgehead atoms. The minimum Gasteiger partial charge on any atom is -0.372 e. The monoisotopic (exact) mass is 163 g/mol. The second kappa shape index (κ2) is 3.07. The van der Waals surface area contributed by atoms with E-state index in [9.17, 15) is 0 Å². The third kappa shape index (κ3) is 1.62. The normalized spacial score (nSPS) is 38.1. The summed E-state index contributed by atoms with van der Waals surface area (Å²) in [7, 11) is 0. The molecule has 1 aliphatic heterocycles. The Labute approximate surface area is 67.7 Å². The average Bonchev–Trinajstić information content (AvgIpc) is 2.62. The number of ether oxygens (including phenoxy) is 1. The molecule has 10 heavy (non-hydrogen) atoms. The maximum Gasteiger partial charge on any atom is 0.0853 e. The Balaban J connectivity index is 0.000000500. The van der Waals surface area contributed by atoms with Crippen molar-refractivity contribution >= 4 is 12.4 Å². The predicted octanol–water partition coefficient (Wildman–Crippen LogP) is 0.947. The zero-order chi connectivity index (χ0) is 6.27. The Morgan fingerprint density at radius 3 is 2.40 bits per heavy atom. The van der Waals surface area contributed by atoms with Crippen LogP contribution in [-0.4, -0.2) is 24.8 Å². The minimum atomic E-state index is 0. The predicted molar refractivity (Wildman–Crippen MR) is 42.6 cm³/mol. The molecule has 0 amide bonds. The average molecular weight is 164 g/mol. The van der Waals surface area contributed by atoms with Crippen molar-refractivity contribution in [3.8, 4) is 0 Å². The summed E-state index contributed by atoms with van der Waals surface area (Å²) in [6.07, 6.45) is 3.74. The Hall–Kier alpha value is 0.210. The van der Waals surface area contributed by atoms with Gasteiger partial charge in [-0.05, 0) is 19.8 Å². The van der Waals surface area contributed by atoms with Crippen LogP contribution in [0.15, 0.2) is 0 Å². The first-order valence-corrected chi connectivity index (χ1v) is 3.75. The molecule has 2 rings (SSSR count). The van der Waals surface area contributed by atoms with Crippen LogP contribution in [0.5, 0.6) is 0 Å². The van der Waals surface area contributed by atoms with Crippen LogP contribution in [0.4, 0.5) is 0 Å². The van der Waals surface area contributed by atoms with Crippen LogP contribution >= 0.6 is 12.4 Å². The third-order valence-corrected chi connectivity index (χ3v) is 2.09. The Morgan fingerprint density at radius 1 is 1.40 bits per heavy atom. The van der Waals surface area contributed by atoms with E-state index in [4.69, 9.17) is 4.74 Å². The number of nitrogens with one attached hydrogen (secondary N) is 1. The van der Waals surface area contributed by atoms with Crippen molar-refractivity contribution in [1.82, 2.24) is 5.32 Å². The van der Waals surface area contributed by atoms with Gasteiger partial charge in [-0.2, -0.15) is 0 Å². The van der Waals surface area contributed by atoms with Crippen LogP contribution in [0.1, 0.15) is 19.8 Å². The van der Waals surface area contributed by atoms with Crippen LogP contribution in [-0.2, 0) is 4.74 Å². The van der Waals surface area contributed by atoms with Crippen molar-refractivity contribution in [1.29, 1.82) is 0 Å². The zero-order valence-electron chi connectivity index (χ0n) is 6.17. The van der Waals surface area contributed by atoms with Gasteiger partial charge in [0.25, 0.3) is 0 Å². The first-order valence-electron chi connectivity index (χ1n) is 3.75. The Kier molecular flexibility index (Phi) is 2.55. The molecule has 1 heterocycles. The summed E-state index contributed by atoms with van der Waals surface area (Å²) in [4.78, 5) is 0. The van der Waals surface area contributed by atoms with Crippen molar-refractivity contribution in [2.75, 3.05) is 6.54 Å².